The van der Waals surface area contributed by atoms with Gasteiger partial charge >= 0.3 is 13.2 Å². The molecule has 0 unspecified atom stereocenters. The molecule has 3 heterocycles. The maximum absolute atomic E-state index is 13.3. The van der Waals surface area contributed by atoms with Crippen LogP contribution in [0.15, 0.2) is 148 Å². The summed E-state index contributed by atoms with van der Waals surface area (Å²) in [5, 5.41) is 6.72. The van der Waals surface area contributed by atoms with Crippen molar-refractivity contribution in [3.05, 3.63) is 166 Å². The van der Waals surface area contributed by atoms with Crippen LogP contribution in [0.1, 0.15) is 28.6 Å². The smallest absolute Gasteiger partial charge is 0.387 e. The number of amides is 1. The molecule has 1 aliphatic rings. The minimum atomic E-state index is -4.06. The number of fused-ring (bicyclic) bond motifs is 1. The van der Waals surface area contributed by atoms with Crippen LogP contribution in [0.3, 0.4) is 0 Å². The Morgan fingerprint density at radius 3 is 1.92 bits per heavy atom. The van der Waals surface area contributed by atoms with Gasteiger partial charge in [0.25, 0.3) is 21.5 Å². The van der Waals surface area contributed by atoms with Crippen molar-refractivity contribution in [3.8, 4) is 21.9 Å². The topological polar surface area (TPSA) is 158 Å². The fourth-order valence-corrected chi connectivity index (χ4v) is 9.38. The number of hydrogen-bond acceptors (Lipinski definition) is 12. The Labute approximate surface area is 373 Å². The average Bonchev–Trinajstić information content (AvgIpc) is 3.90. The van der Waals surface area contributed by atoms with E-state index >= 15 is 0 Å². The molecule has 2 N–H and O–H groups in total. The summed E-state index contributed by atoms with van der Waals surface area (Å²) in [6.45, 7) is -4.23. The largest absolute Gasteiger partial charge is 0.453 e. The standard InChI is InChI=1S/C24H18F4N2O3S.C22H20N2O6S/c25-23(26)32-18-10-6-15(7-11-18)14-30-22(31)20(21(34-30)16-4-2-1-3-5-16)29-17-8-12-19(13-9-17)33-24(27)28;1-14(25)19-13-16-12-17(8-9-18(16)30-19)23-20-21(15-6-4-3-5-7-15)31(27,28)24(22(20)26)10-11-29-2/h1-13,23-24,29H,14H2;3-9,12-13,23H,10-11H2,1-2H3. The van der Waals surface area contributed by atoms with Gasteiger partial charge in [-0.2, -0.15) is 17.6 Å². The average molecular weight is 931 g/mol. The lowest BCUT2D eigenvalue weighted by Crippen LogP contribution is -2.35. The first-order valence-electron chi connectivity index (χ1n) is 19.5. The quantitative estimate of drug-likeness (QED) is 0.0702. The number of carbonyl (C=O) groups is 2. The zero-order valence-electron chi connectivity index (χ0n) is 34.4. The molecule has 65 heavy (non-hydrogen) atoms. The molecule has 0 radical (unpaired) electrons. The van der Waals surface area contributed by atoms with Crippen LogP contribution in [0, 0.1) is 0 Å². The molecule has 5 aromatic carbocycles. The molecule has 0 fully saturated rings. The Bertz CT molecular complexity index is 3000. The van der Waals surface area contributed by atoms with Crippen molar-refractivity contribution in [1.82, 2.24) is 8.26 Å². The first-order chi connectivity index (χ1) is 31.2. The number of nitrogens with zero attached hydrogens (tertiary/aromatic N) is 2. The zero-order chi connectivity index (χ0) is 46.3. The van der Waals surface area contributed by atoms with Gasteiger partial charge in [-0.3, -0.25) is 18.3 Å². The molecule has 8 rings (SSSR count). The Balaban J connectivity index is 0.000000195. The zero-order valence-corrected chi connectivity index (χ0v) is 36.0. The van der Waals surface area contributed by atoms with Crippen molar-refractivity contribution in [3.63, 3.8) is 0 Å². The van der Waals surface area contributed by atoms with Crippen LogP contribution >= 0.6 is 11.5 Å². The van der Waals surface area contributed by atoms with Gasteiger partial charge in [0.05, 0.1) is 24.6 Å². The number of nitrogens with one attached hydrogen (secondary N) is 2. The van der Waals surface area contributed by atoms with Crippen LogP contribution in [0.4, 0.5) is 34.6 Å². The van der Waals surface area contributed by atoms with E-state index in [1.54, 1.807) is 70.7 Å². The highest BCUT2D eigenvalue weighted by atomic mass is 32.2. The number of sulfonamides is 1. The molecule has 0 atom stereocenters. The van der Waals surface area contributed by atoms with E-state index in [1.807, 2.05) is 30.3 Å². The minimum absolute atomic E-state index is 0.00540. The summed E-state index contributed by atoms with van der Waals surface area (Å²) in [6.07, 6.45) is 0. The molecule has 0 saturated carbocycles. The fourth-order valence-electron chi connectivity index (χ4n) is 6.62. The highest BCUT2D eigenvalue weighted by molar-refractivity contribution is 7.99. The predicted octanol–water partition coefficient (Wildman–Crippen LogP) is 9.81. The number of ketones is 1. The van der Waals surface area contributed by atoms with Crippen molar-refractivity contribution in [1.29, 1.82) is 0 Å². The number of furan rings is 1. The molecule has 0 spiro atoms. The van der Waals surface area contributed by atoms with Crippen LogP contribution in [0.5, 0.6) is 11.5 Å². The summed E-state index contributed by atoms with van der Waals surface area (Å²) >= 11 is 1.25. The summed E-state index contributed by atoms with van der Waals surface area (Å²) in [5.74, 6) is -0.602. The van der Waals surface area contributed by atoms with Gasteiger partial charge in [0, 0.05) is 30.8 Å². The van der Waals surface area contributed by atoms with Gasteiger partial charge in [0.15, 0.2) is 11.5 Å². The lowest BCUT2D eigenvalue weighted by atomic mass is 10.1. The van der Waals surface area contributed by atoms with E-state index in [9.17, 15) is 40.4 Å². The van der Waals surface area contributed by atoms with Crippen LogP contribution in [-0.4, -0.2) is 61.9 Å². The number of hydrogen-bond donors (Lipinski definition) is 2. The molecule has 1 amide bonds. The highest BCUT2D eigenvalue weighted by Gasteiger charge is 2.44. The number of alkyl halides is 4. The Morgan fingerprint density at radius 1 is 0.754 bits per heavy atom. The number of benzene rings is 5. The Hall–Kier alpha value is -7.22. The van der Waals surface area contributed by atoms with Crippen molar-refractivity contribution >= 4 is 66.2 Å². The van der Waals surface area contributed by atoms with E-state index in [1.165, 1.54) is 62.0 Å². The third-order valence-corrected chi connectivity index (χ3v) is 12.6. The maximum atomic E-state index is 13.3. The minimum Gasteiger partial charge on any atom is -0.453 e. The van der Waals surface area contributed by atoms with Gasteiger partial charge in [0.2, 0.25) is 0 Å². The van der Waals surface area contributed by atoms with E-state index < -0.39 is 29.2 Å². The number of carbonyl (C=O) groups excluding carboxylic acids is 2. The Kier molecular flexibility index (Phi) is 14.2. The summed E-state index contributed by atoms with van der Waals surface area (Å²) in [7, 11) is -2.63. The number of Topliss-reactive ketones (excluding diaryl/α,β-unsaturated/α-hetero) is 1. The number of aromatic nitrogens is 1. The molecule has 0 saturated heterocycles. The van der Waals surface area contributed by atoms with E-state index in [0.29, 0.717) is 38.5 Å². The van der Waals surface area contributed by atoms with Crippen LogP contribution in [0.25, 0.3) is 26.3 Å². The molecular formula is C46H38F4N4O9S2. The van der Waals surface area contributed by atoms with E-state index in [4.69, 9.17) is 9.15 Å². The molecule has 1 aliphatic heterocycles. The number of rotatable bonds is 16. The van der Waals surface area contributed by atoms with Crippen LogP contribution < -0.4 is 25.7 Å². The molecule has 2 aromatic heterocycles. The van der Waals surface area contributed by atoms with Crippen LogP contribution in [-0.2, 0) is 26.1 Å². The highest BCUT2D eigenvalue weighted by Crippen LogP contribution is 2.37. The number of methoxy groups -OCH3 is 1. The predicted molar refractivity (Wildman–Crippen MR) is 238 cm³/mol. The van der Waals surface area contributed by atoms with Gasteiger partial charge in [0.1, 0.15) is 33.4 Å². The number of halogens is 4. The van der Waals surface area contributed by atoms with Crippen molar-refractivity contribution in [2.75, 3.05) is 30.9 Å². The molecule has 0 aliphatic carbocycles. The third-order valence-electron chi connectivity index (χ3n) is 9.61. The number of ether oxygens (including phenoxy) is 3. The van der Waals surface area contributed by atoms with Crippen LogP contribution in [0.2, 0.25) is 0 Å². The van der Waals surface area contributed by atoms with E-state index in [-0.39, 0.29) is 58.9 Å². The summed E-state index contributed by atoms with van der Waals surface area (Å²) in [5.41, 5.74) is 3.48. The van der Waals surface area contributed by atoms with Gasteiger partial charge in [-0.05, 0) is 77.4 Å². The van der Waals surface area contributed by atoms with Crippen molar-refractivity contribution in [2.45, 2.75) is 26.7 Å². The lowest BCUT2D eigenvalue weighted by Gasteiger charge is -2.15. The monoisotopic (exact) mass is 930 g/mol. The first kappa shape index (κ1) is 45.8. The summed E-state index contributed by atoms with van der Waals surface area (Å²) in [6, 6.07) is 36.3. The fraction of sp³-hybridized carbons (Fsp3) is 0.152. The van der Waals surface area contributed by atoms with Gasteiger partial charge in [-0.25, -0.2) is 12.7 Å². The second kappa shape index (κ2) is 20.1. The molecular weight excluding hydrogens is 893 g/mol. The second-order valence-corrected chi connectivity index (χ2v) is 16.9. The van der Waals surface area contributed by atoms with E-state index in [0.717, 1.165) is 15.4 Å². The van der Waals surface area contributed by atoms with E-state index in [2.05, 4.69) is 20.1 Å². The molecule has 19 heteroatoms. The third kappa shape index (κ3) is 10.8. The molecule has 336 valence electrons. The molecule has 7 aromatic rings. The summed E-state index contributed by atoms with van der Waals surface area (Å²) < 4.78 is 97.5. The Morgan fingerprint density at radius 2 is 1.34 bits per heavy atom. The van der Waals surface area contributed by atoms with Gasteiger partial charge in [-0.1, -0.05) is 84.3 Å². The first-order valence-corrected chi connectivity index (χ1v) is 21.8. The lowest BCUT2D eigenvalue weighted by molar-refractivity contribution is -0.122. The van der Waals surface area contributed by atoms with Gasteiger partial charge < -0.3 is 29.3 Å². The molecule has 0 bridgehead atoms. The van der Waals surface area contributed by atoms with Gasteiger partial charge in [-0.15, -0.1) is 0 Å². The number of anilines is 3. The summed E-state index contributed by atoms with van der Waals surface area (Å²) in [4.78, 5) is 38.5. The SMILES string of the molecule is COCCN1C(=O)C(Nc2ccc3oc(C(C)=O)cc3c2)=C(c2ccccc2)S1(=O)=O.O=c1c(Nc2ccc(OC(F)F)cc2)c(-c2ccccc2)sn1Cc1ccc(OC(F)F)cc1. The van der Waals surface area contributed by atoms with Crippen molar-refractivity contribution in [2.24, 2.45) is 0 Å². The maximum Gasteiger partial charge on any atom is 0.387 e. The molecule has 13 nitrogen and oxygen atoms in total. The van der Waals surface area contributed by atoms with Crippen molar-refractivity contribution < 1.29 is 54.2 Å². The second-order valence-electron chi connectivity index (χ2n) is 14.0. The normalized spacial score (nSPS) is 13.3.